The van der Waals surface area contributed by atoms with Crippen LogP contribution in [0.15, 0.2) is 61.2 Å². The van der Waals surface area contributed by atoms with Crippen LogP contribution in [0, 0.1) is 5.92 Å². The van der Waals surface area contributed by atoms with Crippen LogP contribution in [0.3, 0.4) is 0 Å². The van der Waals surface area contributed by atoms with Crippen LogP contribution in [0.2, 0.25) is 0 Å². The van der Waals surface area contributed by atoms with Gasteiger partial charge < -0.3 is 9.72 Å². The molecule has 3 aromatic heterocycles. The lowest BCUT2D eigenvalue weighted by Crippen LogP contribution is -2.19. The molecule has 0 aliphatic heterocycles. The van der Waals surface area contributed by atoms with Gasteiger partial charge in [0.2, 0.25) is 5.91 Å². The summed E-state index contributed by atoms with van der Waals surface area (Å²) >= 11 is 0. The third-order valence-electron chi connectivity index (χ3n) is 5.66. The topological polar surface area (TPSA) is 64.2 Å². The summed E-state index contributed by atoms with van der Waals surface area (Å²) in [7, 11) is 0. The molecule has 1 unspecified atom stereocenters. The number of carbonyl (C=O) groups is 1. The van der Waals surface area contributed by atoms with E-state index >= 15 is 0 Å². The number of hydrogen-bond acceptors (Lipinski definition) is 3. The van der Waals surface area contributed by atoms with Gasteiger partial charge in [-0.3, -0.25) is 9.48 Å². The number of nitrogens with zero attached hydrogens (tertiary/aromatic N) is 4. The van der Waals surface area contributed by atoms with Crippen LogP contribution >= 0.6 is 0 Å². The van der Waals surface area contributed by atoms with Crippen molar-refractivity contribution in [1.82, 2.24) is 19.2 Å². The number of rotatable bonds is 4. The Balaban J connectivity index is 1.36. The number of pyridine rings is 1. The predicted molar refractivity (Wildman–Crippen MR) is 115 cm³/mol. The van der Waals surface area contributed by atoms with Gasteiger partial charge in [0.1, 0.15) is 12.2 Å². The Morgan fingerprint density at radius 3 is 3.03 bits per heavy atom. The molecule has 3 heterocycles. The van der Waals surface area contributed by atoms with Crippen LogP contribution in [0.5, 0.6) is 0 Å². The minimum absolute atomic E-state index is 0.109. The highest BCUT2D eigenvalue weighted by molar-refractivity contribution is 5.92. The lowest BCUT2D eigenvalue weighted by molar-refractivity contribution is -0.116. The van der Waals surface area contributed by atoms with Crippen molar-refractivity contribution in [2.75, 3.05) is 5.32 Å². The van der Waals surface area contributed by atoms with Crippen LogP contribution in [0.4, 0.5) is 5.69 Å². The number of hydrogen-bond donors (Lipinski definition) is 1. The fourth-order valence-corrected chi connectivity index (χ4v) is 3.95. The predicted octanol–water partition coefficient (Wildman–Crippen LogP) is 4.53. The van der Waals surface area contributed by atoms with Crippen LogP contribution in [-0.4, -0.2) is 25.1 Å². The Bertz CT molecular complexity index is 1230. The van der Waals surface area contributed by atoms with Gasteiger partial charge in [-0.1, -0.05) is 25.1 Å². The minimum Gasteiger partial charge on any atom is -0.324 e. The van der Waals surface area contributed by atoms with Crippen LogP contribution < -0.4 is 5.32 Å². The highest BCUT2D eigenvalue weighted by Crippen LogP contribution is 2.31. The van der Waals surface area contributed by atoms with E-state index in [0.717, 1.165) is 41.0 Å². The molecule has 146 valence electrons. The van der Waals surface area contributed by atoms with Crippen LogP contribution in [0.25, 0.3) is 22.1 Å². The zero-order valence-corrected chi connectivity index (χ0v) is 16.4. The Hall–Kier alpha value is -3.41. The van der Waals surface area contributed by atoms with Crippen molar-refractivity contribution in [1.29, 1.82) is 0 Å². The number of fused-ring (bicyclic) bond motifs is 2. The normalized spacial score (nSPS) is 16.9. The van der Waals surface area contributed by atoms with Gasteiger partial charge in [0.05, 0.1) is 11.7 Å². The molecule has 6 nitrogen and oxygen atoms in total. The van der Waals surface area contributed by atoms with Crippen molar-refractivity contribution in [3.63, 3.8) is 0 Å². The highest BCUT2D eigenvalue weighted by Gasteiger charge is 2.14. The van der Waals surface area contributed by atoms with E-state index in [1.165, 1.54) is 17.6 Å². The van der Waals surface area contributed by atoms with Gasteiger partial charge in [0, 0.05) is 35.7 Å². The molecule has 0 spiro atoms. The van der Waals surface area contributed by atoms with E-state index in [1.54, 1.807) is 10.9 Å². The van der Waals surface area contributed by atoms with Crippen molar-refractivity contribution in [2.24, 2.45) is 5.92 Å². The maximum Gasteiger partial charge on any atom is 0.246 e. The number of nitrogens with one attached hydrogen (secondary N) is 1. The molecule has 1 aliphatic carbocycles. The van der Waals surface area contributed by atoms with Gasteiger partial charge in [-0.15, -0.1) is 0 Å². The summed E-state index contributed by atoms with van der Waals surface area (Å²) in [6, 6.07) is 10.1. The van der Waals surface area contributed by atoms with Gasteiger partial charge in [0.25, 0.3) is 0 Å². The SMILES string of the molecule is CC1CC=C(c2ccc3cnn(CC(=O)Nc4ccn5ccnc5c4)c3c2)CC1. The smallest absolute Gasteiger partial charge is 0.246 e. The summed E-state index contributed by atoms with van der Waals surface area (Å²) in [5.41, 5.74) is 5.15. The first-order valence-corrected chi connectivity index (χ1v) is 10.0. The van der Waals surface area contributed by atoms with E-state index in [2.05, 4.69) is 46.6 Å². The largest absolute Gasteiger partial charge is 0.324 e. The second kappa shape index (κ2) is 7.20. The summed E-state index contributed by atoms with van der Waals surface area (Å²) in [4.78, 5) is 16.9. The lowest BCUT2D eigenvalue weighted by atomic mass is 9.87. The van der Waals surface area contributed by atoms with Gasteiger partial charge in [0.15, 0.2) is 0 Å². The van der Waals surface area contributed by atoms with E-state index in [-0.39, 0.29) is 12.5 Å². The molecule has 5 rings (SSSR count). The highest BCUT2D eigenvalue weighted by atomic mass is 16.2. The number of carbonyl (C=O) groups excluding carboxylic acids is 1. The molecule has 0 saturated carbocycles. The van der Waals surface area contributed by atoms with Crippen molar-refractivity contribution in [3.05, 3.63) is 66.8 Å². The molecular weight excluding hydrogens is 362 g/mol. The Labute approximate surface area is 168 Å². The summed E-state index contributed by atoms with van der Waals surface area (Å²) in [6.07, 6.45) is 13.1. The molecular formula is C23H23N5O. The maximum atomic E-state index is 12.6. The average molecular weight is 385 g/mol. The zero-order valence-electron chi connectivity index (χ0n) is 16.4. The number of anilines is 1. The Kier molecular flexibility index (Phi) is 4.39. The number of allylic oxidation sites excluding steroid dienone is 2. The van der Waals surface area contributed by atoms with E-state index in [9.17, 15) is 4.79 Å². The van der Waals surface area contributed by atoms with E-state index < -0.39 is 0 Å². The zero-order chi connectivity index (χ0) is 19.8. The van der Waals surface area contributed by atoms with Gasteiger partial charge in [-0.05, 0) is 48.4 Å². The molecule has 0 fully saturated rings. The van der Waals surface area contributed by atoms with Gasteiger partial charge in [-0.25, -0.2) is 4.98 Å². The summed E-state index contributed by atoms with van der Waals surface area (Å²) in [6.45, 7) is 2.47. The third-order valence-corrected chi connectivity index (χ3v) is 5.66. The third kappa shape index (κ3) is 3.53. The number of imidazole rings is 1. The molecule has 0 bridgehead atoms. The minimum atomic E-state index is -0.109. The monoisotopic (exact) mass is 385 g/mol. The summed E-state index contributed by atoms with van der Waals surface area (Å²) < 4.78 is 3.67. The standard InChI is InChI=1S/C23H23N5O/c1-16-2-4-17(5-3-16)18-6-7-19-14-25-28(21(19)12-18)15-23(29)26-20-8-10-27-11-9-24-22(27)13-20/h4,6-14,16H,2-3,5,15H2,1H3,(H,26,29). The summed E-state index contributed by atoms with van der Waals surface area (Å²) in [5, 5.41) is 8.43. The van der Waals surface area contributed by atoms with E-state index in [4.69, 9.17) is 0 Å². The molecule has 1 aromatic carbocycles. The molecule has 1 atom stereocenters. The molecule has 29 heavy (non-hydrogen) atoms. The lowest BCUT2D eigenvalue weighted by Gasteiger charge is -2.18. The van der Waals surface area contributed by atoms with Crippen molar-refractivity contribution in [2.45, 2.75) is 32.7 Å². The Morgan fingerprint density at radius 2 is 2.17 bits per heavy atom. The van der Waals surface area contributed by atoms with E-state index in [1.807, 2.05) is 35.1 Å². The molecule has 1 amide bonds. The number of benzene rings is 1. The average Bonchev–Trinajstić information content (AvgIpc) is 3.35. The van der Waals surface area contributed by atoms with Gasteiger partial charge in [-0.2, -0.15) is 5.10 Å². The molecule has 6 heteroatoms. The fourth-order valence-electron chi connectivity index (χ4n) is 3.95. The second-order valence-electron chi connectivity index (χ2n) is 7.84. The van der Waals surface area contributed by atoms with E-state index in [0.29, 0.717) is 0 Å². The first-order chi connectivity index (χ1) is 14.2. The van der Waals surface area contributed by atoms with Crippen LogP contribution in [-0.2, 0) is 11.3 Å². The first kappa shape index (κ1) is 17.7. The molecule has 1 aliphatic rings. The van der Waals surface area contributed by atoms with Gasteiger partial charge >= 0.3 is 0 Å². The summed E-state index contributed by atoms with van der Waals surface area (Å²) in [5.74, 6) is 0.653. The van der Waals surface area contributed by atoms with Crippen molar-refractivity contribution >= 4 is 33.7 Å². The van der Waals surface area contributed by atoms with Crippen LogP contribution in [0.1, 0.15) is 31.7 Å². The van der Waals surface area contributed by atoms with Crippen molar-refractivity contribution in [3.8, 4) is 0 Å². The molecule has 4 aromatic rings. The fraction of sp³-hybridized carbons (Fsp3) is 0.261. The Morgan fingerprint density at radius 1 is 1.24 bits per heavy atom. The quantitative estimate of drug-likeness (QED) is 0.561. The second-order valence-corrected chi connectivity index (χ2v) is 7.84. The maximum absolute atomic E-state index is 12.6. The number of aromatic nitrogens is 4. The molecule has 1 N–H and O–H groups in total. The number of amides is 1. The molecule has 0 saturated heterocycles. The molecule has 0 radical (unpaired) electrons. The first-order valence-electron chi connectivity index (χ1n) is 10.0. The van der Waals surface area contributed by atoms with Crippen molar-refractivity contribution < 1.29 is 4.79 Å².